The van der Waals surface area contributed by atoms with Crippen LogP contribution in [0.2, 0.25) is 0 Å². The maximum absolute atomic E-state index is 11.9. The van der Waals surface area contributed by atoms with Crippen molar-refractivity contribution in [3.05, 3.63) is 35.4 Å². The van der Waals surface area contributed by atoms with Gasteiger partial charge >= 0.3 is 0 Å². The van der Waals surface area contributed by atoms with Crippen LogP contribution < -0.4 is 10.0 Å². The lowest BCUT2D eigenvalue weighted by Gasteiger charge is -2.17. The normalized spacial score (nSPS) is 12.4. The Morgan fingerprint density at radius 3 is 2.09 bits per heavy atom. The zero-order valence-electron chi connectivity index (χ0n) is 14.6. The van der Waals surface area contributed by atoms with Crippen molar-refractivity contribution in [1.82, 2.24) is 10.0 Å². The van der Waals surface area contributed by atoms with Gasteiger partial charge in [-0.05, 0) is 30.4 Å². The van der Waals surface area contributed by atoms with Crippen LogP contribution >= 0.6 is 0 Å². The average Bonchev–Trinajstić information content (AvgIpc) is 2.33. The lowest BCUT2D eigenvalue weighted by atomic mass is 9.92. The molecule has 1 aromatic carbocycles. The van der Waals surface area contributed by atoms with Crippen molar-refractivity contribution in [2.75, 3.05) is 0 Å². The van der Waals surface area contributed by atoms with Crippen LogP contribution in [0.25, 0.3) is 0 Å². The predicted molar refractivity (Wildman–Crippen MR) is 93.3 cm³/mol. The Hall–Kier alpha value is -1.40. The monoisotopic (exact) mass is 340 g/mol. The molecule has 0 aliphatic rings. The summed E-state index contributed by atoms with van der Waals surface area (Å²) in [6.07, 6.45) is 0.476. The molecular formula is C17H28N2O3S. The van der Waals surface area contributed by atoms with E-state index in [-0.39, 0.29) is 23.1 Å². The highest BCUT2D eigenvalue weighted by atomic mass is 32.2. The smallest absolute Gasteiger partial charge is 0.220 e. The number of hydrogen-bond donors (Lipinski definition) is 2. The second-order valence-corrected chi connectivity index (χ2v) is 9.12. The predicted octanol–water partition coefficient (Wildman–Crippen LogP) is 2.57. The Kier molecular flexibility index (Phi) is 6.77. The molecule has 130 valence electrons. The Morgan fingerprint density at radius 2 is 1.61 bits per heavy atom. The van der Waals surface area contributed by atoms with Gasteiger partial charge in [-0.15, -0.1) is 0 Å². The first-order valence-electron chi connectivity index (χ1n) is 7.81. The van der Waals surface area contributed by atoms with Gasteiger partial charge in [-0.2, -0.15) is 0 Å². The molecule has 0 heterocycles. The van der Waals surface area contributed by atoms with E-state index in [0.717, 1.165) is 11.1 Å². The molecule has 1 rings (SSSR count). The molecule has 1 aromatic rings. The molecule has 0 fully saturated rings. The first-order chi connectivity index (χ1) is 10.5. The van der Waals surface area contributed by atoms with Crippen LogP contribution in [0.1, 0.15) is 52.2 Å². The average molecular weight is 340 g/mol. The van der Waals surface area contributed by atoms with Crippen LogP contribution in [0.5, 0.6) is 0 Å². The third-order valence-corrected chi connectivity index (χ3v) is 4.52. The zero-order chi connectivity index (χ0) is 17.7. The maximum Gasteiger partial charge on any atom is 0.220 e. The molecule has 2 N–H and O–H groups in total. The van der Waals surface area contributed by atoms with E-state index in [2.05, 4.69) is 10.0 Å². The lowest BCUT2D eigenvalue weighted by molar-refractivity contribution is -0.122. The molecule has 1 amide bonds. The third-order valence-electron chi connectivity index (χ3n) is 2.98. The van der Waals surface area contributed by atoms with Gasteiger partial charge in [0.2, 0.25) is 15.9 Å². The summed E-state index contributed by atoms with van der Waals surface area (Å²) in [4.78, 5) is 11.8. The summed E-state index contributed by atoms with van der Waals surface area (Å²) in [7, 11) is -3.31. The highest BCUT2D eigenvalue weighted by Crippen LogP contribution is 2.18. The van der Waals surface area contributed by atoms with Crippen LogP contribution in [0, 0.1) is 5.41 Å². The van der Waals surface area contributed by atoms with Crippen molar-refractivity contribution in [1.29, 1.82) is 0 Å². The number of sulfonamides is 1. The minimum absolute atomic E-state index is 0.0188. The first kappa shape index (κ1) is 19.6. The topological polar surface area (TPSA) is 75.3 Å². The van der Waals surface area contributed by atoms with Gasteiger partial charge in [0.05, 0.1) is 5.75 Å². The zero-order valence-corrected chi connectivity index (χ0v) is 15.5. The van der Waals surface area contributed by atoms with E-state index in [0.29, 0.717) is 13.0 Å². The van der Waals surface area contributed by atoms with E-state index >= 15 is 0 Å². The van der Waals surface area contributed by atoms with Gasteiger partial charge in [0.15, 0.2) is 0 Å². The standard InChI is InChI=1S/C17H28N2O3S/c1-13(2)19-23(21,22)12-15-8-6-14(7-9-15)11-18-16(20)10-17(3,4)5/h6-9,13,19H,10-12H2,1-5H3,(H,18,20). The fourth-order valence-electron chi connectivity index (χ4n) is 2.12. The van der Waals surface area contributed by atoms with Gasteiger partial charge in [0.25, 0.3) is 0 Å². The fraction of sp³-hybridized carbons (Fsp3) is 0.588. The van der Waals surface area contributed by atoms with Crippen molar-refractivity contribution in [3.63, 3.8) is 0 Å². The molecule has 23 heavy (non-hydrogen) atoms. The minimum atomic E-state index is -3.31. The first-order valence-corrected chi connectivity index (χ1v) is 9.47. The molecule has 0 spiro atoms. The van der Waals surface area contributed by atoms with Crippen LogP contribution in [-0.4, -0.2) is 20.4 Å². The second-order valence-electron chi connectivity index (χ2n) is 7.36. The number of hydrogen-bond acceptors (Lipinski definition) is 3. The van der Waals surface area contributed by atoms with E-state index in [4.69, 9.17) is 0 Å². The maximum atomic E-state index is 11.9. The molecular weight excluding hydrogens is 312 g/mol. The van der Waals surface area contributed by atoms with Gasteiger partial charge < -0.3 is 5.32 Å². The lowest BCUT2D eigenvalue weighted by Crippen LogP contribution is -2.31. The minimum Gasteiger partial charge on any atom is -0.352 e. The summed E-state index contributed by atoms with van der Waals surface area (Å²) >= 11 is 0. The summed E-state index contributed by atoms with van der Waals surface area (Å²) in [5, 5.41) is 2.88. The van der Waals surface area contributed by atoms with Gasteiger partial charge in [-0.1, -0.05) is 45.0 Å². The summed E-state index contributed by atoms with van der Waals surface area (Å²) in [6, 6.07) is 7.14. The Bertz CT molecular complexity index is 614. The van der Waals surface area contributed by atoms with E-state index in [1.54, 1.807) is 26.0 Å². The fourth-order valence-corrected chi connectivity index (χ4v) is 3.55. The number of rotatable bonds is 7. The SMILES string of the molecule is CC(C)NS(=O)(=O)Cc1ccc(CNC(=O)CC(C)(C)C)cc1. The van der Waals surface area contributed by atoms with Crippen molar-refractivity contribution >= 4 is 15.9 Å². The van der Waals surface area contributed by atoms with Gasteiger partial charge in [-0.3, -0.25) is 4.79 Å². The number of amides is 1. The van der Waals surface area contributed by atoms with Crippen molar-refractivity contribution in [3.8, 4) is 0 Å². The number of benzene rings is 1. The second kappa shape index (κ2) is 7.93. The molecule has 5 nitrogen and oxygen atoms in total. The molecule has 0 aliphatic carbocycles. The molecule has 6 heteroatoms. The van der Waals surface area contributed by atoms with Crippen molar-refractivity contribution < 1.29 is 13.2 Å². The molecule has 0 unspecified atom stereocenters. The summed E-state index contributed by atoms with van der Waals surface area (Å²) in [6.45, 7) is 10.1. The molecule has 0 saturated carbocycles. The number of nitrogens with one attached hydrogen (secondary N) is 2. The number of carbonyl (C=O) groups excluding carboxylic acids is 1. The van der Waals surface area contributed by atoms with Gasteiger partial charge in [0, 0.05) is 19.0 Å². The van der Waals surface area contributed by atoms with E-state index < -0.39 is 10.0 Å². The molecule has 0 atom stereocenters. The summed E-state index contributed by atoms with van der Waals surface area (Å²) in [5.74, 6) is -0.0211. The Balaban J connectivity index is 2.56. The summed E-state index contributed by atoms with van der Waals surface area (Å²) in [5.41, 5.74) is 1.64. The van der Waals surface area contributed by atoms with Crippen LogP contribution in [0.4, 0.5) is 0 Å². The van der Waals surface area contributed by atoms with Gasteiger partial charge in [-0.25, -0.2) is 13.1 Å². The van der Waals surface area contributed by atoms with Crippen LogP contribution in [-0.2, 0) is 27.1 Å². The van der Waals surface area contributed by atoms with Crippen LogP contribution in [0.15, 0.2) is 24.3 Å². The van der Waals surface area contributed by atoms with E-state index in [1.165, 1.54) is 0 Å². The van der Waals surface area contributed by atoms with E-state index in [1.807, 2.05) is 32.9 Å². The highest BCUT2D eigenvalue weighted by Gasteiger charge is 2.16. The number of carbonyl (C=O) groups is 1. The quantitative estimate of drug-likeness (QED) is 0.801. The van der Waals surface area contributed by atoms with Crippen molar-refractivity contribution in [2.24, 2.45) is 5.41 Å². The van der Waals surface area contributed by atoms with E-state index in [9.17, 15) is 13.2 Å². The Labute approximate surface area is 139 Å². The molecule has 0 bridgehead atoms. The Morgan fingerprint density at radius 1 is 1.09 bits per heavy atom. The summed E-state index contributed by atoms with van der Waals surface area (Å²) < 4.78 is 26.3. The van der Waals surface area contributed by atoms with Gasteiger partial charge in [0.1, 0.15) is 0 Å². The third kappa shape index (κ3) is 8.71. The van der Waals surface area contributed by atoms with Crippen LogP contribution in [0.3, 0.4) is 0 Å². The molecule has 0 radical (unpaired) electrons. The highest BCUT2D eigenvalue weighted by molar-refractivity contribution is 7.88. The molecule has 0 aromatic heterocycles. The molecule has 0 saturated heterocycles. The molecule has 0 aliphatic heterocycles. The largest absolute Gasteiger partial charge is 0.352 e. The van der Waals surface area contributed by atoms with Crippen molar-refractivity contribution in [2.45, 2.75) is 59.4 Å².